The van der Waals surface area contributed by atoms with Crippen molar-refractivity contribution in [3.63, 3.8) is 0 Å². The van der Waals surface area contributed by atoms with Gasteiger partial charge in [-0.2, -0.15) is 0 Å². The average Bonchev–Trinajstić information content (AvgIpc) is 2.31. The van der Waals surface area contributed by atoms with E-state index in [2.05, 4.69) is 10.6 Å². The molecule has 0 aliphatic carbocycles. The molecule has 0 bridgehead atoms. The molecule has 0 aromatic carbocycles. The van der Waals surface area contributed by atoms with Crippen molar-refractivity contribution in [1.29, 1.82) is 0 Å². The summed E-state index contributed by atoms with van der Waals surface area (Å²) in [4.78, 5) is 26.2. The maximum atomic E-state index is 12.6. The summed E-state index contributed by atoms with van der Waals surface area (Å²) < 4.78 is 0. The number of amides is 2. The van der Waals surface area contributed by atoms with Gasteiger partial charge < -0.3 is 16.4 Å². The Hall–Kier alpha value is -1.14. The van der Waals surface area contributed by atoms with E-state index >= 15 is 0 Å². The summed E-state index contributed by atoms with van der Waals surface area (Å²) in [7, 11) is 3.79. The van der Waals surface area contributed by atoms with Crippen LogP contribution in [0.2, 0.25) is 0 Å². The molecule has 0 radical (unpaired) electrons. The van der Waals surface area contributed by atoms with E-state index in [9.17, 15) is 9.59 Å². The second-order valence-corrected chi connectivity index (χ2v) is 6.98. The predicted octanol–water partition coefficient (Wildman–Crippen LogP) is 0.178. The van der Waals surface area contributed by atoms with Crippen LogP contribution in [0.1, 0.15) is 34.6 Å². The number of carbonyl (C=O) groups is 2. The van der Waals surface area contributed by atoms with E-state index in [1.165, 1.54) is 0 Å². The maximum absolute atomic E-state index is 12.6. The molecule has 0 aliphatic rings. The number of likely N-dealkylation sites (N-methyl/N-ethyl adjacent to an activating group) is 2. The standard InChI is InChI=1S/C15H32N4O2/c1-10(2)11(19(7)9-8-17-6)14(21)18-12(13(16)20)15(3,4)5/h10-12,17H,8-9H2,1-7H3,(H2,16,20)(H,18,21)/t11-,12?/m0/s1. The minimum Gasteiger partial charge on any atom is -0.368 e. The molecule has 0 fully saturated rings. The number of nitrogens with one attached hydrogen (secondary N) is 2. The van der Waals surface area contributed by atoms with Crippen LogP contribution in [0, 0.1) is 11.3 Å². The number of nitrogens with two attached hydrogens (primary N) is 1. The fraction of sp³-hybridized carbons (Fsp3) is 0.867. The molecule has 6 heteroatoms. The Bertz CT molecular complexity index is 350. The first kappa shape index (κ1) is 19.9. The number of hydrogen-bond acceptors (Lipinski definition) is 4. The molecule has 124 valence electrons. The maximum Gasteiger partial charge on any atom is 0.240 e. The number of hydrogen-bond donors (Lipinski definition) is 3. The highest BCUT2D eigenvalue weighted by molar-refractivity contribution is 5.89. The van der Waals surface area contributed by atoms with Crippen LogP contribution in [0.4, 0.5) is 0 Å². The molecular formula is C15H32N4O2. The van der Waals surface area contributed by atoms with Gasteiger partial charge in [-0.25, -0.2) is 0 Å². The average molecular weight is 300 g/mol. The first-order valence-electron chi connectivity index (χ1n) is 7.46. The monoisotopic (exact) mass is 300 g/mol. The van der Waals surface area contributed by atoms with E-state index in [1.54, 1.807) is 0 Å². The third kappa shape index (κ3) is 6.44. The van der Waals surface area contributed by atoms with Gasteiger partial charge in [0.05, 0.1) is 6.04 Å². The summed E-state index contributed by atoms with van der Waals surface area (Å²) in [6, 6.07) is -0.966. The van der Waals surface area contributed by atoms with Crippen LogP contribution < -0.4 is 16.4 Å². The highest BCUT2D eigenvalue weighted by Crippen LogP contribution is 2.20. The van der Waals surface area contributed by atoms with Crippen LogP contribution in [0.5, 0.6) is 0 Å². The minimum atomic E-state index is -0.677. The van der Waals surface area contributed by atoms with E-state index in [4.69, 9.17) is 5.73 Å². The molecule has 2 amide bonds. The number of carbonyl (C=O) groups excluding carboxylic acids is 2. The van der Waals surface area contributed by atoms with Crippen LogP contribution in [-0.4, -0.2) is 56.0 Å². The normalized spacial score (nSPS) is 15.1. The smallest absolute Gasteiger partial charge is 0.240 e. The molecule has 0 saturated heterocycles. The van der Waals surface area contributed by atoms with Crippen molar-refractivity contribution in [3.8, 4) is 0 Å². The van der Waals surface area contributed by atoms with Crippen molar-refractivity contribution in [2.45, 2.75) is 46.7 Å². The molecule has 0 spiro atoms. The van der Waals surface area contributed by atoms with Gasteiger partial charge >= 0.3 is 0 Å². The van der Waals surface area contributed by atoms with Gasteiger partial charge in [-0.3, -0.25) is 14.5 Å². The first-order chi connectivity index (χ1) is 9.52. The Morgan fingerprint density at radius 3 is 2.10 bits per heavy atom. The van der Waals surface area contributed by atoms with Gasteiger partial charge in [-0.05, 0) is 25.4 Å². The van der Waals surface area contributed by atoms with Gasteiger partial charge in [0.1, 0.15) is 6.04 Å². The van der Waals surface area contributed by atoms with Gasteiger partial charge in [0.25, 0.3) is 0 Å². The van der Waals surface area contributed by atoms with Crippen molar-refractivity contribution in [1.82, 2.24) is 15.5 Å². The second kappa shape index (κ2) is 8.34. The Kier molecular flexibility index (Phi) is 7.89. The Balaban J connectivity index is 5.01. The molecule has 0 aliphatic heterocycles. The van der Waals surface area contributed by atoms with Crippen LogP contribution in [0.3, 0.4) is 0 Å². The summed E-state index contributed by atoms with van der Waals surface area (Å²) in [5.74, 6) is -0.515. The molecular weight excluding hydrogens is 268 g/mol. The molecule has 2 atom stereocenters. The zero-order chi connectivity index (χ0) is 16.8. The zero-order valence-electron chi connectivity index (χ0n) is 14.5. The lowest BCUT2D eigenvalue weighted by Gasteiger charge is -2.34. The highest BCUT2D eigenvalue weighted by atomic mass is 16.2. The Labute approximate surface area is 128 Å². The van der Waals surface area contributed by atoms with Crippen molar-refractivity contribution in [2.75, 3.05) is 27.2 Å². The second-order valence-electron chi connectivity index (χ2n) is 6.98. The molecule has 0 saturated carbocycles. The fourth-order valence-electron chi connectivity index (χ4n) is 2.38. The van der Waals surface area contributed by atoms with Gasteiger partial charge in [0.15, 0.2) is 0 Å². The van der Waals surface area contributed by atoms with E-state index in [0.29, 0.717) is 0 Å². The molecule has 0 rings (SSSR count). The van der Waals surface area contributed by atoms with Crippen LogP contribution in [0.15, 0.2) is 0 Å². The predicted molar refractivity (Wildman–Crippen MR) is 85.8 cm³/mol. The third-order valence-corrected chi connectivity index (χ3v) is 3.53. The number of rotatable bonds is 8. The molecule has 6 nitrogen and oxygen atoms in total. The van der Waals surface area contributed by atoms with Crippen molar-refractivity contribution in [2.24, 2.45) is 17.1 Å². The topological polar surface area (TPSA) is 87.5 Å². The van der Waals surface area contributed by atoms with E-state index < -0.39 is 17.4 Å². The molecule has 0 aromatic heterocycles. The van der Waals surface area contributed by atoms with Gasteiger partial charge in [0.2, 0.25) is 11.8 Å². The van der Waals surface area contributed by atoms with Gasteiger partial charge in [0, 0.05) is 13.1 Å². The van der Waals surface area contributed by atoms with Gasteiger partial charge in [-0.1, -0.05) is 34.6 Å². The third-order valence-electron chi connectivity index (χ3n) is 3.53. The highest BCUT2D eigenvalue weighted by Gasteiger charge is 2.34. The van der Waals surface area contributed by atoms with Crippen LogP contribution in [-0.2, 0) is 9.59 Å². The summed E-state index contributed by atoms with van der Waals surface area (Å²) in [6.07, 6.45) is 0. The lowest BCUT2D eigenvalue weighted by molar-refractivity contribution is -0.133. The largest absolute Gasteiger partial charge is 0.368 e. The van der Waals surface area contributed by atoms with Crippen molar-refractivity contribution in [3.05, 3.63) is 0 Å². The summed E-state index contributed by atoms with van der Waals surface area (Å²) >= 11 is 0. The number of nitrogens with zero attached hydrogens (tertiary/aromatic N) is 1. The quantitative estimate of drug-likeness (QED) is 0.597. The van der Waals surface area contributed by atoms with Crippen LogP contribution in [0.25, 0.3) is 0 Å². The molecule has 4 N–H and O–H groups in total. The lowest BCUT2D eigenvalue weighted by Crippen LogP contribution is -2.58. The van der Waals surface area contributed by atoms with E-state index in [1.807, 2.05) is 53.6 Å². The molecule has 1 unspecified atom stereocenters. The van der Waals surface area contributed by atoms with Crippen molar-refractivity contribution >= 4 is 11.8 Å². The summed E-state index contributed by atoms with van der Waals surface area (Å²) in [5.41, 5.74) is 5.02. The van der Waals surface area contributed by atoms with Crippen LogP contribution >= 0.6 is 0 Å². The zero-order valence-corrected chi connectivity index (χ0v) is 14.5. The van der Waals surface area contributed by atoms with Crippen molar-refractivity contribution < 1.29 is 9.59 Å². The SMILES string of the molecule is CNCCN(C)[C@H](C(=O)NC(C(N)=O)C(C)(C)C)C(C)C. The molecule has 0 heterocycles. The molecule has 21 heavy (non-hydrogen) atoms. The van der Waals surface area contributed by atoms with E-state index in [-0.39, 0.29) is 17.9 Å². The Morgan fingerprint density at radius 1 is 1.24 bits per heavy atom. The van der Waals surface area contributed by atoms with E-state index in [0.717, 1.165) is 13.1 Å². The van der Waals surface area contributed by atoms with Gasteiger partial charge in [-0.15, -0.1) is 0 Å². The Morgan fingerprint density at radius 2 is 1.76 bits per heavy atom. The number of primary amides is 1. The summed E-state index contributed by atoms with van der Waals surface area (Å²) in [6.45, 7) is 11.2. The fourth-order valence-corrected chi connectivity index (χ4v) is 2.38. The molecule has 0 aromatic rings. The lowest BCUT2D eigenvalue weighted by atomic mass is 9.85. The minimum absolute atomic E-state index is 0.139. The summed E-state index contributed by atoms with van der Waals surface area (Å²) in [5, 5.41) is 5.89. The first-order valence-corrected chi connectivity index (χ1v) is 7.46.